The van der Waals surface area contributed by atoms with Crippen molar-refractivity contribution in [3.05, 3.63) is 41.5 Å². The third kappa shape index (κ3) is 7.51. The molecule has 0 bridgehead atoms. The van der Waals surface area contributed by atoms with Crippen molar-refractivity contribution in [3.8, 4) is 5.75 Å². The first kappa shape index (κ1) is 21.7. The van der Waals surface area contributed by atoms with E-state index in [0.29, 0.717) is 23.8 Å². The van der Waals surface area contributed by atoms with E-state index in [4.69, 9.17) is 0 Å². The lowest BCUT2D eigenvalue weighted by Crippen LogP contribution is -2.19. The zero-order chi connectivity index (χ0) is 19.9. The minimum Gasteiger partial charge on any atom is -0.399 e. The highest BCUT2D eigenvalue weighted by Gasteiger charge is 2.34. The van der Waals surface area contributed by atoms with Crippen molar-refractivity contribution < 1.29 is 26.7 Å². The van der Waals surface area contributed by atoms with Gasteiger partial charge in [0.15, 0.2) is 11.6 Å². The number of alkyl halides is 3. The Balaban J connectivity index is 1.80. The average molecular weight is 390 g/mol. The molecule has 0 saturated heterocycles. The van der Waals surface area contributed by atoms with Crippen LogP contribution in [0.3, 0.4) is 0 Å². The van der Waals surface area contributed by atoms with E-state index in [1.54, 1.807) is 0 Å². The van der Waals surface area contributed by atoms with E-state index < -0.39 is 23.7 Å². The molecule has 1 fully saturated rings. The van der Waals surface area contributed by atoms with Crippen molar-refractivity contribution in [2.75, 3.05) is 0 Å². The van der Waals surface area contributed by atoms with Crippen LogP contribution in [0.15, 0.2) is 24.3 Å². The van der Waals surface area contributed by atoms with Gasteiger partial charge in [0.25, 0.3) is 0 Å². The van der Waals surface area contributed by atoms with Crippen LogP contribution < -0.4 is 4.74 Å². The van der Waals surface area contributed by atoms with Crippen LogP contribution in [-0.2, 0) is 6.42 Å². The van der Waals surface area contributed by atoms with Gasteiger partial charge in [0.05, 0.1) is 0 Å². The van der Waals surface area contributed by atoms with Crippen molar-refractivity contribution in [1.29, 1.82) is 0 Å². The largest absolute Gasteiger partial charge is 0.573 e. The number of halogens is 5. The second-order valence-electron chi connectivity index (χ2n) is 7.36. The van der Waals surface area contributed by atoms with E-state index in [-0.39, 0.29) is 0 Å². The van der Waals surface area contributed by atoms with Crippen molar-refractivity contribution in [1.82, 2.24) is 0 Å². The molecule has 0 atom stereocenters. The number of benzene rings is 1. The minimum atomic E-state index is -5.12. The fourth-order valence-electron chi connectivity index (χ4n) is 3.67. The molecule has 1 aromatic rings. The fraction of sp³-hybridized carbons (Fsp3) is 0.619. The maximum Gasteiger partial charge on any atom is 0.573 e. The summed E-state index contributed by atoms with van der Waals surface area (Å²) in [5, 5.41) is 0. The molecule has 0 heterocycles. The Kier molecular flexibility index (Phi) is 8.11. The molecule has 1 saturated carbocycles. The van der Waals surface area contributed by atoms with E-state index in [1.807, 2.05) is 0 Å². The Bertz CT molecular complexity index is 592. The third-order valence-corrected chi connectivity index (χ3v) is 5.17. The molecule has 1 aliphatic rings. The lowest BCUT2D eigenvalue weighted by Gasteiger charge is -2.28. The molecule has 1 nitrogen and oxygen atoms in total. The van der Waals surface area contributed by atoms with Crippen LogP contribution in [0.25, 0.3) is 0 Å². The maximum absolute atomic E-state index is 13.8. The number of rotatable bonds is 8. The van der Waals surface area contributed by atoms with Crippen LogP contribution in [0.5, 0.6) is 5.75 Å². The first-order valence-corrected chi connectivity index (χ1v) is 9.67. The molecule has 0 aliphatic heterocycles. The SMILES string of the molecule is CCC/C=C/CC1CCC(CCc2cc(F)c(OC(F)(F)F)c(F)c2)CC1. The van der Waals surface area contributed by atoms with Crippen LogP contribution in [0, 0.1) is 23.5 Å². The van der Waals surface area contributed by atoms with Crippen molar-refractivity contribution in [2.24, 2.45) is 11.8 Å². The molecular formula is C21H27F5O. The lowest BCUT2D eigenvalue weighted by atomic mass is 9.78. The summed E-state index contributed by atoms with van der Waals surface area (Å²) in [5.41, 5.74) is 0.365. The van der Waals surface area contributed by atoms with Crippen molar-refractivity contribution in [3.63, 3.8) is 0 Å². The van der Waals surface area contributed by atoms with Crippen LogP contribution in [0.4, 0.5) is 22.0 Å². The van der Waals surface area contributed by atoms with Gasteiger partial charge in [-0.3, -0.25) is 0 Å². The Morgan fingerprint density at radius 3 is 2.15 bits per heavy atom. The number of hydrogen-bond acceptors (Lipinski definition) is 1. The molecule has 0 unspecified atom stereocenters. The van der Waals surface area contributed by atoms with Gasteiger partial charge in [-0.25, -0.2) is 8.78 Å². The predicted octanol–water partition coefficient (Wildman–Crippen LogP) is 7.35. The molecule has 0 amide bonds. The molecular weight excluding hydrogens is 363 g/mol. The first-order valence-electron chi connectivity index (χ1n) is 9.67. The second kappa shape index (κ2) is 10.1. The van der Waals surface area contributed by atoms with Gasteiger partial charge in [-0.15, -0.1) is 13.2 Å². The highest BCUT2D eigenvalue weighted by molar-refractivity contribution is 5.31. The summed E-state index contributed by atoms with van der Waals surface area (Å²) in [6, 6.07) is 1.88. The van der Waals surface area contributed by atoms with Gasteiger partial charge in [0, 0.05) is 0 Å². The van der Waals surface area contributed by atoms with Gasteiger partial charge < -0.3 is 4.74 Å². The molecule has 1 aromatic carbocycles. The Hall–Kier alpha value is -1.59. The van der Waals surface area contributed by atoms with Crippen LogP contribution in [0.2, 0.25) is 0 Å². The van der Waals surface area contributed by atoms with Gasteiger partial charge in [-0.05, 0) is 68.1 Å². The smallest absolute Gasteiger partial charge is 0.399 e. The van der Waals surface area contributed by atoms with Crippen LogP contribution in [0.1, 0.15) is 63.9 Å². The summed E-state index contributed by atoms with van der Waals surface area (Å²) >= 11 is 0. The lowest BCUT2D eigenvalue weighted by molar-refractivity contribution is -0.276. The Morgan fingerprint density at radius 1 is 1.00 bits per heavy atom. The van der Waals surface area contributed by atoms with Crippen LogP contribution in [-0.4, -0.2) is 6.36 Å². The summed E-state index contributed by atoms with van der Waals surface area (Å²) in [5.74, 6) is -2.81. The molecule has 152 valence electrons. The number of ether oxygens (including phenoxy) is 1. The van der Waals surface area contributed by atoms with Gasteiger partial charge in [-0.2, -0.15) is 0 Å². The molecule has 6 heteroatoms. The topological polar surface area (TPSA) is 9.23 Å². The molecule has 1 aliphatic carbocycles. The van der Waals surface area contributed by atoms with Crippen molar-refractivity contribution >= 4 is 0 Å². The van der Waals surface area contributed by atoms with Gasteiger partial charge >= 0.3 is 6.36 Å². The second-order valence-corrected chi connectivity index (χ2v) is 7.36. The number of unbranched alkanes of at least 4 members (excludes halogenated alkanes) is 1. The fourth-order valence-corrected chi connectivity index (χ4v) is 3.67. The van der Waals surface area contributed by atoms with Gasteiger partial charge in [0.1, 0.15) is 0 Å². The molecule has 0 spiro atoms. The monoisotopic (exact) mass is 390 g/mol. The highest BCUT2D eigenvalue weighted by atomic mass is 19.4. The third-order valence-electron chi connectivity index (χ3n) is 5.17. The first-order chi connectivity index (χ1) is 12.8. The molecule has 0 N–H and O–H groups in total. The minimum absolute atomic E-state index is 0.365. The van der Waals surface area contributed by atoms with E-state index >= 15 is 0 Å². The summed E-state index contributed by atoms with van der Waals surface area (Å²) in [4.78, 5) is 0. The molecule has 27 heavy (non-hydrogen) atoms. The zero-order valence-corrected chi connectivity index (χ0v) is 15.6. The number of aryl methyl sites for hydroxylation is 1. The zero-order valence-electron chi connectivity index (χ0n) is 15.6. The van der Waals surface area contributed by atoms with E-state index in [9.17, 15) is 22.0 Å². The molecule has 0 radical (unpaired) electrons. The average Bonchev–Trinajstić information content (AvgIpc) is 2.60. The normalized spacial score (nSPS) is 21.0. The highest BCUT2D eigenvalue weighted by Crippen LogP contribution is 2.34. The number of hydrogen-bond donors (Lipinski definition) is 0. The van der Waals surface area contributed by atoms with Crippen molar-refractivity contribution in [2.45, 2.75) is 71.1 Å². The molecule has 2 rings (SSSR count). The summed E-state index contributed by atoms with van der Waals surface area (Å²) in [6.45, 7) is 2.16. The van der Waals surface area contributed by atoms with Crippen LogP contribution >= 0.6 is 0 Å². The maximum atomic E-state index is 13.8. The van der Waals surface area contributed by atoms with Gasteiger partial charge in [-0.1, -0.05) is 38.3 Å². The van der Waals surface area contributed by atoms with E-state index in [2.05, 4.69) is 23.8 Å². The quantitative estimate of drug-likeness (QED) is 0.333. The number of allylic oxidation sites excluding steroid dienone is 2. The Morgan fingerprint density at radius 2 is 1.59 bits per heavy atom. The Labute approximate surface area is 157 Å². The summed E-state index contributed by atoms with van der Waals surface area (Å²) in [7, 11) is 0. The molecule has 0 aromatic heterocycles. The predicted molar refractivity (Wildman–Crippen MR) is 95.5 cm³/mol. The standard InChI is InChI=1S/C21H27F5O/c1-2-3-4-5-6-15-7-9-16(10-8-15)11-12-17-13-18(22)20(19(23)14-17)27-21(24,25)26/h4-5,13-16H,2-3,6-12H2,1H3/b5-4+. The summed E-state index contributed by atoms with van der Waals surface area (Å²) in [6.07, 6.45) is 8.51. The van der Waals surface area contributed by atoms with E-state index in [0.717, 1.165) is 63.5 Å². The summed E-state index contributed by atoms with van der Waals surface area (Å²) < 4.78 is 67.5. The van der Waals surface area contributed by atoms with E-state index in [1.165, 1.54) is 0 Å². The van der Waals surface area contributed by atoms with Gasteiger partial charge in [0.2, 0.25) is 5.75 Å².